The highest BCUT2D eigenvalue weighted by molar-refractivity contribution is 7.89. The van der Waals surface area contributed by atoms with Crippen molar-refractivity contribution in [1.82, 2.24) is 4.72 Å². The molecule has 19 heavy (non-hydrogen) atoms. The van der Waals surface area contributed by atoms with E-state index in [1.165, 1.54) is 0 Å². The largest absolute Gasteiger partial charge is 0.393 e. The zero-order valence-corrected chi connectivity index (χ0v) is 12.2. The molecule has 0 aliphatic rings. The van der Waals surface area contributed by atoms with Crippen molar-refractivity contribution in [1.29, 1.82) is 0 Å². The van der Waals surface area contributed by atoms with Gasteiger partial charge in [-0.25, -0.2) is 13.1 Å². The van der Waals surface area contributed by atoms with E-state index in [0.29, 0.717) is 31.6 Å². The molecule has 1 aromatic rings. The molecule has 0 aliphatic carbocycles. The van der Waals surface area contributed by atoms with Gasteiger partial charge in [0.15, 0.2) is 0 Å². The van der Waals surface area contributed by atoms with E-state index in [4.69, 9.17) is 0 Å². The highest BCUT2D eigenvalue weighted by Gasteiger charge is 2.16. The normalized spacial score (nSPS) is 13.2. The predicted molar refractivity (Wildman–Crippen MR) is 76.7 cm³/mol. The fourth-order valence-corrected chi connectivity index (χ4v) is 2.92. The van der Waals surface area contributed by atoms with Crippen molar-refractivity contribution < 1.29 is 13.5 Å². The first-order chi connectivity index (χ1) is 9.01. The summed E-state index contributed by atoms with van der Waals surface area (Å²) in [6.45, 7) is 4.54. The van der Waals surface area contributed by atoms with Crippen LogP contribution in [0.1, 0.15) is 26.7 Å². The van der Waals surface area contributed by atoms with Crippen LogP contribution in [0.3, 0.4) is 0 Å². The lowest BCUT2D eigenvalue weighted by Gasteiger charge is -2.14. The Morgan fingerprint density at radius 2 is 1.95 bits per heavy atom. The molecule has 6 heteroatoms. The van der Waals surface area contributed by atoms with Crippen LogP contribution in [0.5, 0.6) is 0 Å². The zero-order valence-electron chi connectivity index (χ0n) is 11.4. The summed E-state index contributed by atoms with van der Waals surface area (Å²) in [5.41, 5.74) is 0.562. The van der Waals surface area contributed by atoms with Crippen molar-refractivity contribution in [2.45, 2.75) is 37.7 Å². The van der Waals surface area contributed by atoms with E-state index in [1.54, 1.807) is 31.2 Å². The van der Waals surface area contributed by atoms with Gasteiger partial charge in [0.2, 0.25) is 10.0 Å². The average Bonchev–Trinajstić information content (AvgIpc) is 2.39. The molecule has 0 saturated heterocycles. The van der Waals surface area contributed by atoms with Crippen LogP contribution in [-0.4, -0.2) is 32.7 Å². The number of aliphatic hydroxyl groups excluding tert-OH is 1. The lowest BCUT2D eigenvalue weighted by atomic mass is 10.2. The first kappa shape index (κ1) is 15.9. The summed E-state index contributed by atoms with van der Waals surface area (Å²) in [7, 11) is -3.47. The standard InChI is InChI=1S/C13H22N2O3S/c1-3-11(16)9-10-14-12-7-5-6-8-13(12)19(17,18)15-4-2/h5-8,11,14-16H,3-4,9-10H2,1-2H3. The quantitative estimate of drug-likeness (QED) is 0.677. The highest BCUT2D eigenvalue weighted by Crippen LogP contribution is 2.20. The maximum atomic E-state index is 12.0. The Labute approximate surface area is 115 Å². The number of nitrogens with one attached hydrogen (secondary N) is 2. The van der Waals surface area contributed by atoms with E-state index in [-0.39, 0.29) is 11.0 Å². The summed E-state index contributed by atoms with van der Waals surface area (Å²) in [5, 5.41) is 12.5. The third-order valence-electron chi connectivity index (χ3n) is 2.78. The Morgan fingerprint density at radius 3 is 2.58 bits per heavy atom. The second kappa shape index (κ2) is 7.47. The molecule has 1 unspecified atom stereocenters. The van der Waals surface area contributed by atoms with E-state index >= 15 is 0 Å². The molecule has 0 heterocycles. The first-order valence-electron chi connectivity index (χ1n) is 6.51. The van der Waals surface area contributed by atoms with E-state index in [2.05, 4.69) is 10.0 Å². The molecule has 5 nitrogen and oxygen atoms in total. The Hall–Kier alpha value is -1.11. The molecule has 0 spiro atoms. The van der Waals surface area contributed by atoms with Gasteiger partial charge < -0.3 is 10.4 Å². The van der Waals surface area contributed by atoms with Gasteiger partial charge >= 0.3 is 0 Å². The maximum absolute atomic E-state index is 12.0. The molecule has 0 fully saturated rings. The van der Waals surface area contributed by atoms with Gasteiger partial charge in [0.25, 0.3) is 0 Å². The minimum absolute atomic E-state index is 0.239. The first-order valence-corrected chi connectivity index (χ1v) is 8.00. The van der Waals surface area contributed by atoms with Crippen LogP contribution in [-0.2, 0) is 10.0 Å². The van der Waals surface area contributed by atoms with Gasteiger partial charge in [-0.15, -0.1) is 0 Å². The molecule has 3 N–H and O–H groups in total. The molecular weight excluding hydrogens is 264 g/mol. The molecule has 0 aliphatic heterocycles. The SMILES string of the molecule is CCNS(=O)(=O)c1ccccc1NCCC(O)CC. The number of sulfonamides is 1. The Kier molecular flexibility index (Phi) is 6.27. The van der Waals surface area contributed by atoms with Crippen molar-refractivity contribution in [3.63, 3.8) is 0 Å². The lowest BCUT2D eigenvalue weighted by molar-refractivity contribution is 0.164. The minimum Gasteiger partial charge on any atom is -0.393 e. The monoisotopic (exact) mass is 286 g/mol. The Bertz CT molecular complexity index is 488. The summed E-state index contributed by atoms with van der Waals surface area (Å²) >= 11 is 0. The molecule has 0 radical (unpaired) electrons. The number of anilines is 1. The molecule has 1 rings (SSSR count). The third-order valence-corrected chi connectivity index (χ3v) is 4.38. The molecule has 108 valence electrons. The fraction of sp³-hybridized carbons (Fsp3) is 0.538. The van der Waals surface area contributed by atoms with Crippen molar-refractivity contribution in [2.75, 3.05) is 18.4 Å². The average molecular weight is 286 g/mol. The van der Waals surface area contributed by atoms with Crippen LogP contribution in [0.25, 0.3) is 0 Å². The van der Waals surface area contributed by atoms with Crippen LogP contribution in [0, 0.1) is 0 Å². The smallest absolute Gasteiger partial charge is 0.242 e. The van der Waals surface area contributed by atoms with E-state index < -0.39 is 10.0 Å². The third kappa shape index (κ3) is 4.81. The Balaban J connectivity index is 2.79. The van der Waals surface area contributed by atoms with Gasteiger partial charge in [-0.3, -0.25) is 0 Å². The van der Waals surface area contributed by atoms with Crippen LogP contribution < -0.4 is 10.0 Å². The van der Waals surface area contributed by atoms with Crippen molar-refractivity contribution in [3.8, 4) is 0 Å². The number of hydrogen-bond donors (Lipinski definition) is 3. The summed E-state index contributed by atoms with van der Waals surface area (Å²) < 4.78 is 26.5. The second-order valence-electron chi connectivity index (χ2n) is 4.28. The van der Waals surface area contributed by atoms with Crippen LogP contribution in [0.15, 0.2) is 29.2 Å². The maximum Gasteiger partial charge on any atom is 0.242 e. The van der Waals surface area contributed by atoms with Crippen molar-refractivity contribution in [2.24, 2.45) is 0 Å². The van der Waals surface area contributed by atoms with Crippen molar-refractivity contribution in [3.05, 3.63) is 24.3 Å². The zero-order chi connectivity index (χ0) is 14.3. The lowest BCUT2D eigenvalue weighted by Crippen LogP contribution is -2.24. The number of rotatable bonds is 8. The van der Waals surface area contributed by atoms with E-state index in [1.807, 2.05) is 6.92 Å². The fourth-order valence-electron chi connectivity index (χ4n) is 1.69. The summed E-state index contributed by atoms with van der Waals surface area (Å²) in [6.07, 6.45) is 0.926. The molecule has 1 atom stereocenters. The van der Waals surface area contributed by atoms with Crippen LogP contribution in [0.4, 0.5) is 5.69 Å². The van der Waals surface area contributed by atoms with Gasteiger partial charge in [-0.2, -0.15) is 0 Å². The highest BCUT2D eigenvalue weighted by atomic mass is 32.2. The Morgan fingerprint density at radius 1 is 1.26 bits per heavy atom. The van der Waals surface area contributed by atoms with Crippen molar-refractivity contribution >= 4 is 15.7 Å². The summed E-state index contributed by atoms with van der Waals surface area (Å²) in [4.78, 5) is 0.239. The summed E-state index contributed by atoms with van der Waals surface area (Å²) in [6, 6.07) is 6.76. The number of aliphatic hydroxyl groups is 1. The molecule has 0 amide bonds. The van der Waals surface area contributed by atoms with Crippen LogP contribution >= 0.6 is 0 Å². The van der Waals surface area contributed by atoms with Gasteiger partial charge in [0, 0.05) is 13.1 Å². The minimum atomic E-state index is -3.47. The molecule has 0 bridgehead atoms. The number of benzene rings is 1. The molecular formula is C13H22N2O3S. The van der Waals surface area contributed by atoms with E-state index in [0.717, 1.165) is 0 Å². The van der Waals surface area contributed by atoms with E-state index in [9.17, 15) is 13.5 Å². The summed E-state index contributed by atoms with van der Waals surface area (Å²) in [5.74, 6) is 0. The number of hydrogen-bond acceptors (Lipinski definition) is 4. The van der Waals surface area contributed by atoms with Gasteiger partial charge in [-0.05, 0) is 25.0 Å². The molecule has 1 aromatic carbocycles. The van der Waals surface area contributed by atoms with Crippen LogP contribution in [0.2, 0.25) is 0 Å². The number of para-hydroxylation sites is 1. The topological polar surface area (TPSA) is 78.4 Å². The van der Waals surface area contributed by atoms with Gasteiger partial charge in [-0.1, -0.05) is 26.0 Å². The van der Waals surface area contributed by atoms with Gasteiger partial charge in [0.1, 0.15) is 4.90 Å². The predicted octanol–water partition coefficient (Wildman–Crippen LogP) is 1.56. The second-order valence-corrected chi connectivity index (χ2v) is 6.01. The molecule has 0 aromatic heterocycles. The molecule has 0 saturated carbocycles. The van der Waals surface area contributed by atoms with Gasteiger partial charge in [0.05, 0.1) is 11.8 Å².